The van der Waals surface area contributed by atoms with Gasteiger partial charge in [-0.25, -0.2) is 0 Å². The fourth-order valence-corrected chi connectivity index (χ4v) is 2.61. The SMILES string of the molecule is COCC(CCCN)N1CCC(NC(C)=O)CC1. The molecule has 0 spiro atoms. The van der Waals surface area contributed by atoms with Crippen molar-refractivity contribution < 1.29 is 9.53 Å². The van der Waals surface area contributed by atoms with Gasteiger partial charge in [-0.05, 0) is 32.2 Å². The molecular weight excluding hydrogens is 230 g/mol. The Balaban J connectivity index is 2.35. The fourth-order valence-electron chi connectivity index (χ4n) is 2.61. The van der Waals surface area contributed by atoms with Crippen molar-refractivity contribution in [1.29, 1.82) is 0 Å². The molecule has 1 saturated heterocycles. The number of nitrogens with two attached hydrogens (primary N) is 1. The van der Waals surface area contributed by atoms with Gasteiger partial charge in [0.05, 0.1) is 6.61 Å². The summed E-state index contributed by atoms with van der Waals surface area (Å²) >= 11 is 0. The number of nitrogens with zero attached hydrogens (tertiary/aromatic N) is 1. The van der Waals surface area contributed by atoms with Crippen molar-refractivity contribution in [3.63, 3.8) is 0 Å². The van der Waals surface area contributed by atoms with Crippen LogP contribution in [-0.2, 0) is 9.53 Å². The highest BCUT2D eigenvalue weighted by molar-refractivity contribution is 5.73. The van der Waals surface area contributed by atoms with Crippen LogP contribution in [0.25, 0.3) is 0 Å². The molecule has 1 atom stereocenters. The molecule has 5 nitrogen and oxygen atoms in total. The Morgan fingerprint density at radius 1 is 1.50 bits per heavy atom. The van der Waals surface area contributed by atoms with Crippen molar-refractivity contribution in [3.05, 3.63) is 0 Å². The largest absolute Gasteiger partial charge is 0.383 e. The van der Waals surface area contributed by atoms with Gasteiger partial charge in [0.15, 0.2) is 0 Å². The summed E-state index contributed by atoms with van der Waals surface area (Å²) in [5.41, 5.74) is 5.57. The average molecular weight is 257 g/mol. The molecule has 0 aromatic carbocycles. The monoisotopic (exact) mass is 257 g/mol. The predicted octanol–water partition coefficient (Wildman–Crippen LogP) is 0.341. The van der Waals surface area contributed by atoms with E-state index in [0.29, 0.717) is 12.1 Å². The van der Waals surface area contributed by atoms with Crippen molar-refractivity contribution in [2.45, 2.75) is 44.7 Å². The number of piperidine rings is 1. The van der Waals surface area contributed by atoms with E-state index in [1.165, 1.54) is 0 Å². The van der Waals surface area contributed by atoms with Gasteiger partial charge in [0.2, 0.25) is 5.91 Å². The highest BCUT2D eigenvalue weighted by atomic mass is 16.5. The third kappa shape index (κ3) is 5.33. The van der Waals surface area contributed by atoms with Crippen LogP contribution in [0.4, 0.5) is 0 Å². The lowest BCUT2D eigenvalue weighted by molar-refractivity contribution is -0.120. The third-order valence-corrected chi connectivity index (χ3v) is 3.55. The van der Waals surface area contributed by atoms with Crippen LogP contribution in [0.15, 0.2) is 0 Å². The molecule has 5 heteroatoms. The molecule has 1 fully saturated rings. The van der Waals surface area contributed by atoms with E-state index in [0.717, 1.165) is 51.9 Å². The Hall–Kier alpha value is -0.650. The van der Waals surface area contributed by atoms with Gasteiger partial charge in [-0.15, -0.1) is 0 Å². The Labute approximate surface area is 110 Å². The van der Waals surface area contributed by atoms with Gasteiger partial charge < -0.3 is 15.8 Å². The molecule has 1 heterocycles. The van der Waals surface area contributed by atoms with Crippen molar-refractivity contribution in [2.24, 2.45) is 5.73 Å². The van der Waals surface area contributed by atoms with E-state index in [2.05, 4.69) is 10.2 Å². The molecule has 18 heavy (non-hydrogen) atoms. The summed E-state index contributed by atoms with van der Waals surface area (Å²) in [6, 6.07) is 0.813. The maximum absolute atomic E-state index is 11.0. The summed E-state index contributed by atoms with van der Waals surface area (Å²) in [5, 5.41) is 3.00. The first-order valence-electron chi connectivity index (χ1n) is 6.87. The number of methoxy groups -OCH3 is 1. The van der Waals surface area contributed by atoms with Crippen molar-refractivity contribution in [1.82, 2.24) is 10.2 Å². The van der Waals surface area contributed by atoms with Crippen molar-refractivity contribution in [2.75, 3.05) is 33.4 Å². The Kier molecular flexibility index (Phi) is 7.23. The minimum absolute atomic E-state index is 0.0741. The number of nitrogens with one attached hydrogen (secondary N) is 1. The van der Waals surface area contributed by atoms with Gasteiger partial charge in [0.25, 0.3) is 0 Å². The Bertz CT molecular complexity index is 240. The summed E-state index contributed by atoms with van der Waals surface area (Å²) in [6.45, 7) is 5.15. The molecule has 3 N–H and O–H groups in total. The zero-order valence-corrected chi connectivity index (χ0v) is 11.7. The first-order chi connectivity index (χ1) is 8.67. The van der Waals surface area contributed by atoms with Crippen LogP contribution in [0.5, 0.6) is 0 Å². The second kappa shape index (κ2) is 8.45. The standard InChI is InChI=1S/C13H27N3O2/c1-11(17)15-12-5-8-16(9-6-12)13(10-18-2)4-3-7-14/h12-13H,3-10,14H2,1-2H3,(H,15,17). The highest BCUT2D eigenvalue weighted by Gasteiger charge is 2.24. The summed E-state index contributed by atoms with van der Waals surface area (Å²) in [4.78, 5) is 13.5. The number of carbonyl (C=O) groups is 1. The van der Waals surface area contributed by atoms with E-state index in [9.17, 15) is 4.79 Å². The van der Waals surface area contributed by atoms with E-state index >= 15 is 0 Å². The van der Waals surface area contributed by atoms with E-state index in [-0.39, 0.29) is 5.91 Å². The zero-order valence-electron chi connectivity index (χ0n) is 11.7. The van der Waals surface area contributed by atoms with Gasteiger partial charge in [0, 0.05) is 39.2 Å². The topological polar surface area (TPSA) is 67.6 Å². The van der Waals surface area contributed by atoms with E-state index in [1.807, 2.05) is 0 Å². The predicted molar refractivity (Wildman–Crippen MR) is 72.4 cm³/mol. The molecule has 0 saturated carbocycles. The number of likely N-dealkylation sites (tertiary alicyclic amines) is 1. The third-order valence-electron chi connectivity index (χ3n) is 3.55. The molecule has 0 aromatic heterocycles. The van der Waals surface area contributed by atoms with Gasteiger partial charge in [0.1, 0.15) is 0 Å². The zero-order chi connectivity index (χ0) is 13.4. The lowest BCUT2D eigenvalue weighted by atomic mass is 10.0. The van der Waals surface area contributed by atoms with Crippen molar-refractivity contribution >= 4 is 5.91 Å². The van der Waals surface area contributed by atoms with Gasteiger partial charge in [-0.3, -0.25) is 9.69 Å². The normalized spacial score (nSPS) is 19.7. The van der Waals surface area contributed by atoms with Crippen LogP contribution in [0.2, 0.25) is 0 Å². The lowest BCUT2D eigenvalue weighted by Gasteiger charge is -2.37. The maximum Gasteiger partial charge on any atom is 0.217 e. The number of hydrogen-bond donors (Lipinski definition) is 2. The van der Waals surface area contributed by atoms with Gasteiger partial charge >= 0.3 is 0 Å². The van der Waals surface area contributed by atoms with Crippen molar-refractivity contribution in [3.8, 4) is 0 Å². The minimum atomic E-state index is 0.0741. The quantitative estimate of drug-likeness (QED) is 0.690. The molecule has 0 aliphatic carbocycles. The van der Waals surface area contributed by atoms with Crippen LogP contribution in [0.1, 0.15) is 32.6 Å². The van der Waals surface area contributed by atoms with Crippen LogP contribution in [0, 0.1) is 0 Å². The van der Waals surface area contributed by atoms with Crippen LogP contribution < -0.4 is 11.1 Å². The summed E-state index contributed by atoms with van der Waals surface area (Å²) < 4.78 is 5.29. The second-order valence-corrected chi connectivity index (χ2v) is 5.05. The number of hydrogen-bond acceptors (Lipinski definition) is 4. The molecule has 0 aromatic rings. The van der Waals surface area contributed by atoms with E-state index < -0.39 is 0 Å². The molecule has 0 radical (unpaired) electrons. The number of carbonyl (C=O) groups excluding carboxylic acids is 1. The van der Waals surface area contributed by atoms with Crippen LogP contribution in [0.3, 0.4) is 0 Å². The summed E-state index contributed by atoms with van der Waals surface area (Å²) in [7, 11) is 1.75. The summed E-state index contributed by atoms with van der Waals surface area (Å²) in [5.74, 6) is 0.0741. The van der Waals surface area contributed by atoms with Gasteiger partial charge in [-0.2, -0.15) is 0 Å². The number of rotatable bonds is 7. The van der Waals surface area contributed by atoms with Crippen LogP contribution >= 0.6 is 0 Å². The molecule has 1 amide bonds. The molecule has 1 aliphatic heterocycles. The first-order valence-corrected chi connectivity index (χ1v) is 6.87. The smallest absolute Gasteiger partial charge is 0.217 e. The Morgan fingerprint density at radius 2 is 2.17 bits per heavy atom. The Morgan fingerprint density at radius 3 is 2.67 bits per heavy atom. The molecule has 0 bridgehead atoms. The first kappa shape index (κ1) is 15.4. The maximum atomic E-state index is 11.0. The second-order valence-electron chi connectivity index (χ2n) is 5.05. The molecule has 1 unspecified atom stereocenters. The van der Waals surface area contributed by atoms with E-state index in [4.69, 9.17) is 10.5 Å². The minimum Gasteiger partial charge on any atom is -0.383 e. The highest BCUT2D eigenvalue weighted by Crippen LogP contribution is 2.16. The molecule has 1 rings (SSSR count). The number of amides is 1. The fraction of sp³-hybridized carbons (Fsp3) is 0.923. The molecule has 106 valence electrons. The number of ether oxygens (including phenoxy) is 1. The molecular formula is C13H27N3O2. The lowest BCUT2D eigenvalue weighted by Crippen LogP contribution is -2.49. The van der Waals surface area contributed by atoms with Crippen LogP contribution in [-0.4, -0.2) is 56.2 Å². The summed E-state index contributed by atoms with van der Waals surface area (Å²) in [6.07, 6.45) is 4.19. The average Bonchev–Trinajstić information content (AvgIpc) is 2.35. The van der Waals surface area contributed by atoms with E-state index in [1.54, 1.807) is 14.0 Å². The van der Waals surface area contributed by atoms with Gasteiger partial charge in [-0.1, -0.05) is 0 Å². The molecule has 1 aliphatic rings.